The Kier molecular flexibility index (Phi) is 1.99. The van der Waals surface area contributed by atoms with Gasteiger partial charge < -0.3 is 0 Å². The average Bonchev–Trinajstić information content (AvgIpc) is 2.22. The van der Waals surface area contributed by atoms with Crippen molar-refractivity contribution in [3.8, 4) is 0 Å². The second-order valence-electron chi connectivity index (χ2n) is 4.40. The van der Waals surface area contributed by atoms with Crippen LogP contribution in [0.5, 0.6) is 0 Å². The predicted octanol–water partition coefficient (Wildman–Crippen LogP) is 2.36. The Morgan fingerprint density at radius 2 is 2.14 bits per heavy atom. The molecule has 1 N–H and O–H groups in total. The van der Waals surface area contributed by atoms with Gasteiger partial charge in [0.1, 0.15) is 0 Å². The number of allylic oxidation sites excluding steroid dienone is 5. The molecule has 0 bridgehead atoms. The van der Waals surface area contributed by atoms with Crippen LogP contribution in [0.1, 0.15) is 13.8 Å². The highest BCUT2D eigenvalue weighted by Crippen LogP contribution is 2.28. The second-order valence-corrected chi connectivity index (χ2v) is 4.40. The van der Waals surface area contributed by atoms with Crippen LogP contribution in [-0.4, -0.2) is 12.1 Å². The summed E-state index contributed by atoms with van der Waals surface area (Å²) in [5, 5.41) is 1.95. The Labute approximate surface area is 85.3 Å². The third-order valence-electron chi connectivity index (χ3n) is 2.40. The fraction of sp³-hybridized carbons (Fsp3) is 0.333. The summed E-state index contributed by atoms with van der Waals surface area (Å²) in [5.74, 6) is 0. The van der Waals surface area contributed by atoms with Gasteiger partial charge in [-0.25, -0.2) is 0 Å². The van der Waals surface area contributed by atoms with Crippen LogP contribution < -0.4 is 5.43 Å². The van der Waals surface area contributed by atoms with Crippen molar-refractivity contribution in [2.45, 2.75) is 13.8 Å². The van der Waals surface area contributed by atoms with Crippen molar-refractivity contribution in [2.75, 3.05) is 7.05 Å². The van der Waals surface area contributed by atoms with Crippen molar-refractivity contribution in [3.05, 3.63) is 47.9 Å². The Morgan fingerprint density at radius 3 is 2.93 bits per heavy atom. The molecule has 2 nitrogen and oxygen atoms in total. The maximum atomic E-state index is 3.28. The molecule has 2 rings (SSSR count). The maximum Gasteiger partial charge on any atom is 0.0611 e. The summed E-state index contributed by atoms with van der Waals surface area (Å²) in [6.07, 6.45) is 12.9. The van der Waals surface area contributed by atoms with Gasteiger partial charge in [-0.3, -0.25) is 10.4 Å². The molecule has 74 valence electrons. The van der Waals surface area contributed by atoms with Gasteiger partial charge >= 0.3 is 0 Å². The Morgan fingerprint density at radius 1 is 1.36 bits per heavy atom. The van der Waals surface area contributed by atoms with Gasteiger partial charge in [0.05, 0.1) is 5.70 Å². The first-order valence-electron chi connectivity index (χ1n) is 4.87. The molecule has 2 aliphatic rings. The van der Waals surface area contributed by atoms with Crippen molar-refractivity contribution in [3.63, 3.8) is 0 Å². The smallest absolute Gasteiger partial charge is 0.0611 e. The zero-order valence-electron chi connectivity index (χ0n) is 8.91. The molecule has 0 saturated carbocycles. The van der Waals surface area contributed by atoms with Crippen molar-refractivity contribution < 1.29 is 0 Å². The number of nitrogens with one attached hydrogen (secondary N) is 1. The number of hydrogen-bond acceptors (Lipinski definition) is 2. The van der Waals surface area contributed by atoms with Crippen LogP contribution in [0.15, 0.2) is 47.9 Å². The lowest BCUT2D eigenvalue weighted by Crippen LogP contribution is -2.32. The Balaban J connectivity index is 2.42. The SMILES string of the molecule is CN1C=CC2=CC(C)(C)C=CC=C2N1. The number of rotatable bonds is 0. The van der Waals surface area contributed by atoms with E-state index in [1.54, 1.807) is 0 Å². The van der Waals surface area contributed by atoms with Crippen molar-refractivity contribution in [2.24, 2.45) is 5.41 Å². The molecule has 0 fully saturated rings. The molecule has 0 aromatic heterocycles. The second kappa shape index (κ2) is 3.05. The minimum atomic E-state index is 0.134. The minimum Gasteiger partial charge on any atom is -0.299 e. The third-order valence-corrected chi connectivity index (χ3v) is 2.40. The molecule has 1 heterocycles. The monoisotopic (exact) mass is 188 g/mol. The first-order chi connectivity index (χ1) is 6.57. The number of fused-ring (bicyclic) bond motifs is 1. The summed E-state index contributed by atoms with van der Waals surface area (Å²) < 4.78 is 0. The van der Waals surface area contributed by atoms with Crippen LogP contribution in [0.25, 0.3) is 0 Å². The van der Waals surface area contributed by atoms with E-state index in [2.05, 4.69) is 49.7 Å². The van der Waals surface area contributed by atoms with Crippen LogP contribution in [0.4, 0.5) is 0 Å². The highest BCUT2D eigenvalue weighted by molar-refractivity contribution is 5.45. The largest absolute Gasteiger partial charge is 0.299 e. The third kappa shape index (κ3) is 1.74. The first-order valence-corrected chi connectivity index (χ1v) is 4.87. The van der Waals surface area contributed by atoms with Crippen LogP contribution in [0.3, 0.4) is 0 Å². The van der Waals surface area contributed by atoms with E-state index in [0.29, 0.717) is 0 Å². The normalized spacial score (nSPS) is 23.2. The highest BCUT2D eigenvalue weighted by atomic mass is 15.5. The molecule has 0 unspecified atom stereocenters. The topological polar surface area (TPSA) is 15.3 Å². The van der Waals surface area contributed by atoms with E-state index in [1.165, 1.54) is 5.57 Å². The predicted molar refractivity (Wildman–Crippen MR) is 59.1 cm³/mol. The fourth-order valence-corrected chi connectivity index (χ4v) is 1.67. The minimum absolute atomic E-state index is 0.134. The summed E-state index contributed by atoms with van der Waals surface area (Å²) in [6, 6.07) is 0. The van der Waals surface area contributed by atoms with E-state index in [1.807, 2.05) is 18.3 Å². The summed E-state index contributed by atoms with van der Waals surface area (Å²) in [5.41, 5.74) is 5.84. The van der Waals surface area contributed by atoms with Crippen molar-refractivity contribution >= 4 is 0 Å². The molecule has 0 aromatic carbocycles. The molecule has 0 aromatic rings. The maximum absolute atomic E-state index is 3.28. The van der Waals surface area contributed by atoms with Gasteiger partial charge in [-0.05, 0) is 17.7 Å². The Hall–Kier alpha value is -1.44. The molecule has 1 aliphatic carbocycles. The van der Waals surface area contributed by atoms with E-state index in [-0.39, 0.29) is 5.41 Å². The number of hydrogen-bond donors (Lipinski definition) is 1. The quantitative estimate of drug-likeness (QED) is 0.627. The molecule has 14 heavy (non-hydrogen) atoms. The van der Waals surface area contributed by atoms with Gasteiger partial charge in [0, 0.05) is 18.7 Å². The lowest BCUT2D eigenvalue weighted by atomic mass is 9.91. The van der Waals surface area contributed by atoms with Crippen LogP contribution in [-0.2, 0) is 0 Å². The van der Waals surface area contributed by atoms with Gasteiger partial charge in [0.15, 0.2) is 0 Å². The van der Waals surface area contributed by atoms with Crippen LogP contribution in [0.2, 0.25) is 0 Å². The van der Waals surface area contributed by atoms with Gasteiger partial charge in [0.25, 0.3) is 0 Å². The molecular formula is C12H16N2. The average molecular weight is 188 g/mol. The molecule has 1 aliphatic heterocycles. The first kappa shape index (κ1) is 9.13. The van der Waals surface area contributed by atoms with Gasteiger partial charge in [-0.1, -0.05) is 32.1 Å². The summed E-state index contributed by atoms with van der Waals surface area (Å²) >= 11 is 0. The number of hydrazine groups is 1. The zero-order valence-corrected chi connectivity index (χ0v) is 8.91. The number of nitrogens with zero attached hydrogens (tertiary/aromatic N) is 1. The van der Waals surface area contributed by atoms with Crippen molar-refractivity contribution in [1.82, 2.24) is 10.4 Å². The molecule has 0 saturated heterocycles. The van der Waals surface area contributed by atoms with E-state index < -0.39 is 0 Å². The molecule has 0 amide bonds. The van der Waals surface area contributed by atoms with E-state index in [4.69, 9.17) is 0 Å². The molecule has 2 heteroatoms. The molecular weight excluding hydrogens is 172 g/mol. The van der Waals surface area contributed by atoms with Gasteiger partial charge in [-0.2, -0.15) is 0 Å². The van der Waals surface area contributed by atoms with Crippen LogP contribution in [0, 0.1) is 5.41 Å². The molecule has 0 spiro atoms. The molecule has 0 atom stereocenters. The lowest BCUT2D eigenvalue weighted by Gasteiger charge is -2.25. The van der Waals surface area contributed by atoms with Gasteiger partial charge in [-0.15, -0.1) is 0 Å². The van der Waals surface area contributed by atoms with Crippen LogP contribution >= 0.6 is 0 Å². The molecule has 0 radical (unpaired) electrons. The van der Waals surface area contributed by atoms with E-state index >= 15 is 0 Å². The summed E-state index contributed by atoms with van der Waals surface area (Å²) in [6.45, 7) is 4.42. The summed E-state index contributed by atoms with van der Waals surface area (Å²) in [7, 11) is 1.99. The highest BCUT2D eigenvalue weighted by Gasteiger charge is 2.17. The fourth-order valence-electron chi connectivity index (χ4n) is 1.67. The van der Waals surface area contributed by atoms with Crippen molar-refractivity contribution in [1.29, 1.82) is 0 Å². The van der Waals surface area contributed by atoms with E-state index in [9.17, 15) is 0 Å². The standard InChI is InChI=1S/C12H16N2/c1-12(2)7-4-5-11-10(9-12)6-8-14(3)13-11/h4-9,13H,1-3H3. The Bertz CT molecular complexity index is 357. The van der Waals surface area contributed by atoms with E-state index in [0.717, 1.165) is 5.70 Å². The summed E-state index contributed by atoms with van der Waals surface area (Å²) in [4.78, 5) is 0. The lowest BCUT2D eigenvalue weighted by molar-refractivity contribution is 0.365. The zero-order chi connectivity index (χ0) is 10.2. The van der Waals surface area contributed by atoms with Gasteiger partial charge in [0.2, 0.25) is 0 Å².